The number of nitrogens with one attached hydrogen (secondary N) is 1. The number of aliphatic hydroxyl groups excluding tert-OH is 3. The fraction of sp³-hybridized carbons (Fsp3) is 0.667. The van der Waals surface area contributed by atoms with Gasteiger partial charge >= 0.3 is 17.9 Å². The number of aryl methyl sites for hydroxylation is 1. The molecule has 2 heterocycles. The van der Waals surface area contributed by atoms with Crippen LogP contribution in [0, 0.1) is 5.92 Å². The van der Waals surface area contributed by atoms with Crippen LogP contribution in [0.5, 0.6) is 0 Å². The van der Waals surface area contributed by atoms with E-state index in [1.54, 1.807) is 13.8 Å². The zero-order chi connectivity index (χ0) is 31.3. The third-order valence-electron chi connectivity index (χ3n) is 8.62. The molecule has 1 amide bonds. The molecule has 43 heavy (non-hydrogen) atoms. The zero-order valence-electron chi connectivity index (χ0n) is 24.4. The summed E-state index contributed by atoms with van der Waals surface area (Å²) >= 11 is 0. The smallest absolute Gasteiger partial charge is 0.335 e. The molecule has 3 fully saturated rings. The highest BCUT2D eigenvalue weighted by atomic mass is 16.7. The van der Waals surface area contributed by atoms with Crippen molar-refractivity contribution in [3.8, 4) is 0 Å². The van der Waals surface area contributed by atoms with Crippen LogP contribution < -0.4 is 5.32 Å². The van der Waals surface area contributed by atoms with Crippen LogP contribution >= 0.6 is 0 Å². The monoisotopic (exact) mass is 606 g/mol. The van der Waals surface area contributed by atoms with Crippen molar-refractivity contribution < 1.29 is 53.8 Å². The highest BCUT2D eigenvalue weighted by Crippen LogP contribution is 2.41. The Bertz CT molecular complexity index is 1130. The van der Waals surface area contributed by atoms with Gasteiger partial charge in [0.15, 0.2) is 6.10 Å². The lowest BCUT2D eigenvalue weighted by atomic mass is 9.84. The standard InChI is InChI=1S/C30H42N2O11/c1-3-41-28(39)19(14-13-17-9-5-4-6-10-17)31-16(2)26(36)32-20-12-8-7-11-18(20)15-21(32)29(40)43-30-24(35)22(33)23(34)25(42-30)27(37)38/h4-6,9-10,16,18-25,30-31,33-35H,3,7-8,11-15H2,1-2H3,(H,37,38)/t16-,18+,19-,20-,21-,22?,23-,24?,25?,30-/m0/s1. The number of hydrogen-bond acceptors (Lipinski definition) is 11. The third kappa shape index (κ3) is 7.52. The van der Waals surface area contributed by atoms with Crippen molar-refractivity contribution in [3.05, 3.63) is 35.9 Å². The number of rotatable bonds is 11. The number of fused-ring (bicyclic) bond motifs is 1. The lowest BCUT2D eigenvalue weighted by Crippen LogP contribution is -2.61. The van der Waals surface area contributed by atoms with E-state index in [1.807, 2.05) is 30.3 Å². The number of likely N-dealkylation sites (tertiary alicyclic amines) is 1. The van der Waals surface area contributed by atoms with Crippen LogP contribution in [0.1, 0.15) is 57.9 Å². The molecule has 0 aromatic heterocycles. The molecule has 4 rings (SSSR count). The number of carbonyl (C=O) groups excluding carboxylic acids is 3. The molecule has 1 saturated carbocycles. The number of aliphatic carboxylic acids is 1. The second-order valence-corrected chi connectivity index (χ2v) is 11.5. The highest BCUT2D eigenvalue weighted by Gasteiger charge is 2.52. The number of nitrogens with zero attached hydrogens (tertiary/aromatic N) is 1. The van der Waals surface area contributed by atoms with E-state index in [-0.39, 0.29) is 18.6 Å². The fourth-order valence-electron chi connectivity index (χ4n) is 6.39. The largest absolute Gasteiger partial charge is 0.479 e. The van der Waals surface area contributed by atoms with E-state index in [9.17, 15) is 39.6 Å². The average Bonchev–Trinajstić information content (AvgIpc) is 3.39. The second-order valence-electron chi connectivity index (χ2n) is 11.5. The Labute approximate surface area is 250 Å². The summed E-state index contributed by atoms with van der Waals surface area (Å²) in [7, 11) is 0. The van der Waals surface area contributed by atoms with E-state index in [0.717, 1.165) is 24.8 Å². The summed E-state index contributed by atoms with van der Waals surface area (Å²) in [6, 6.07) is 6.66. The molecular weight excluding hydrogens is 564 g/mol. The third-order valence-corrected chi connectivity index (χ3v) is 8.62. The van der Waals surface area contributed by atoms with Crippen LogP contribution in [0.25, 0.3) is 0 Å². The van der Waals surface area contributed by atoms with Crippen molar-refractivity contribution in [3.63, 3.8) is 0 Å². The average molecular weight is 607 g/mol. The second kappa shape index (κ2) is 14.6. The van der Waals surface area contributed by atoms with E-state index in [1.165, 1.54) is 4.90 Å². The summed E-state index contributed by atoms with van der Waals surface area (Å²) in [5.74, 6) is -3.39. The van der Waals surface area contributed by atoms with Crippen LogP contribution in [0.4, 0.5) is 0 Å². The first-order valence-electron chi connectivity index (χ1n) is 14.9. The van der Waals surface area contributed by atoms with Gasteiger partial charge in [-0.15, -0.1) is 0 Å². The summed E-state index contributed by atoms with van der Waals surface area (Å²) < 4.78 is 15.8. The summed E-state index contributed by atoms with van der Waals surface area (Å²) in [5.41, 5.74) is 1.03. The SMILES string of the molecule is CCOC(=O)[C@H](CCc1ccccc1)N[C@@H](C)C(=O)N1[C@H](C(=O)O[C@@H]2OC(C(=O)O)[C@@H](O)C(O)C2O)C[C@H]2CCCC[C@@H]21. The van der Waals surface area contributed by atoms with Crippen molar-refractivity contribution in [1.82, 2.24) is 10.2 Å². The molecule has 2 saturated heterocycles. The Kier molecular flexibility index (Phi) is 11.1. The van der Waals surface area contributed by atoms with E-state index < -0.39 is 72.6 Å². The van der Waals surface area contributed by atoms with Crippen molar-refractivity contribution in [2.75, 3.05) is 6.61 Å². The number of carboxylic acid groups (broad SMARTS) is 1. The Hall–Kier alpha value is -3.10. The molecule has 3 aliphatic rings. The molecule has 5 N–H and O–H groups in total. The molecule has 2 aliphatic heterocycles. The summed E-state index contributed by atoms with van der Waals surface area (Å²) in [4.78, 5) is 53.2. The molecule has 3 unspecified atom stereocenters. The van der Waals surface area contributed by atoms with Gasteiger partial charge in [0.1, 0.15) is 30.4 Å². The molecule has 13 heteroatoms. The van der Waals surface area contributed by atoms with E-state index in [2.05, 4.69) is 5.32 Å². The summed E-state index contributed by atoms with van der Waals surface area (Å²) in [6.07, 6.45) is -5.03. The lowest BCUT2D eigenvalue weighted by Gasteiger charge is -2.39. The van der Waals surface area contributed by atoms with Crippen LogP contribution in [-0.4, -0.2) is 111 Å². The minimum Gasteiger partial charge on any atom is -0.479 e. The maximum absolute atomic E-state index is 14.0. The zero-order valence-corrected chi connectivity index (χ0v) is 24.4. The Morgan fingerprint density at radius 2 is 1.74 bits per heavy atom. The maximum Gasteiger partial charge on any atom is 0.335 e. The van der Waals surface area contributed by atoms with Crippen LogP contribution in [0.15, 0.2) is 30.3 Å². The number of amides is 1. The normalized spacial score (nSPS) is 31.9. The van der Waals surface area contributed by atoms with E-state index >= 15 is 0 Å². The summed E-state index contributed by atoms with van der Waals surface area (Å²) in [6.45, 7) is 3.51. The van der Waals surface area contributed by atoms with Gasteiger partial charge < -0.3 is 39.5 Å². The molecular formula is C30H42N2O11. The molecule has 10 atom stereocenters. The van der Waals surface area contributed by atoms with Crippen molar-refractivity contribution >= 4 is 23.8 Å². The molecule has 238 valence electrons. The number of carboxylic acids is 1. The van der Waals surface area contributed by atoms with Gasteiger partial charge in [-0.05, 0) is 57.4 Å². The topological polar surface area (TPSA) is 192 Å². The minimum absolute atomic E-state index is 0.0257. The Morgan fingerprint density at radius 1 is 1.05 bits per heavy atom. The van der Waals surface area contributed by atoms with Gasteiger partial charge in [-0.2, -0.15) is 0 Å². The molecule has 0 spiro atoms. The van der Waals surface area contributed by atoms with Gasteiger partial charge in [0, 0.05) is 6.04 Å². The quantitative estimate of drug-likeness (QED) is 0.214. The number of benzene rings is 1. The van der Waals surface area contributed by atoms with Gasteiger partial charge in [-0.1, -0.05) is 43.2 Å². The minimum atomic E-state index is -1.93. The number of hydrogen-bond donors (Lipinski definition) is 5. The van der Waals surface area contributed by atoms with Crippen LogP contribution in [0.2, 0.25) is 0 Å². The Morgan fingerprint density at radius 3 is 2.42 bits per heavy atom. The highest BCUT2D eigenvalue weighted by molar-refractivity contribution is 5.89. The first-order chi connectivity index (χ1) is 20.5. The van der Waals surface area contributed by atoms with Gasteiger partial charge in [0.05, 0.1) is 12.6 Å². The van der Waals surface area contributed by atoms with Gasteiger partial charge in [-0.25, -0.2) is 9.59 Å². The van der Waals surface area contributed by atoms with Crippen molar-refractivity contribution in [1.29, 1.82) is 0 Å². The van der Waals surface area contributed by atoms with Crippen LogP contribution in [0.3, 0.4) is 0 Å². The van der Waals surface area contributed by atoms with E-state index in [4.69, 9.17) is 14.2 Å². The number of esters is 2. The molecule has 0 bridgehead atoms. The first-order valence-corrected chi connectivity index (χ1v) is 14.9. The molecule has 1 aromatic rings. The van der Waals surface area contributed by atoms with Crippen molar-refractivity contribution in [2.45, 2.75) is 114 Å². The van der Waals surface area contributed by atoms with Crippen LogP contribution in [-0.2, 0) is 39.8 Å². The molecule has 0 radical (unpaired) electrons. The number of ether oxygens (including phenoxy) is 3. The van der Waals surface area contributed by atoms with Crippen molar-refractivity contribution in [2.24, 2.45) is 5.92 Å². The fourth-order valence-corrected chi connectivity index (χ4v) is 6.39. The van der Waals surface area contributed by atoms with Gasteiger partial charge in [-0.3, -0.25) is 14.9 Å². The predicted molar refractivity (Wildman–Crippen MR) is 149 cm³/mol. The summed E-state index contributed by atoms with van der Waals surface area (Å²) in [5, 5.41) is 42.9. The van der Waals surface area contributed by atoms with E-state index in [0.29, 0.717) is 25.7 Å². The van der Waals surface area contributed by atoms with Gasteiger partial charge in [0.2, 0.25) is 12.2 Å². The predicted octanol–water partition coefficient (Wildman–Crippen LogP) is 0.124. The molecule has 1 aliphatic carbocycles. The maximum atomic E-state index is 14.0. The first kappa shape index (κ1) is 32.8. The molecule has 13 nitrogen and oxygen atoms in total. The molecule has 1 aromatic carbocycles. The van der Waals surface area contributed by atoms with Gasteiger partial charge in [0.25, 0.3) is 0 Å². The Balaban J connectivity index is 1.49. The number of aliphatic hydroxyl groups is 3. The lowest BCUT2D eigenvalue weighted by molar-refractivity contribution is -0.287. The number of carbonyl (C=O) groups is 4.